The number of rotatable bonds is 13. The number of amides is 1. The molecule has 0 aromatic rings. The highest BCUT2D eigenvalue weighted by molar-refractivity contribution is 7.81. The van der Waals surface area contributed by atoms with Gasteiger partial charge in [0.25, 0.3) is 0 Å². The SMILES string of the molecule is CCCCCCCCCCCCCC[C@H]1OS(=O)(=O)OC[C@@H]2NC(=O)O[C@@H]21. The second-order valence-electron chi connectivity index (χ2n) is 7.63. The quantitative estimate of drug-likeness (QED) is 0.462. The molecule has 2 rings (SSSR count). The fourth-order valence-electron chi connectivity index (χ4n) is 3.73. The lowest BCUT2D eigenvalue weighted by atomic mass is 10.00. The Morgan fingerprint density at radius 2 is 1.48 bits per heavy atom. The summed E-state index contributed by atoms with van der Waals surface area (Å²) < 4.78 is 38.4. The molecule has 0 bridgehead atoms. The Morgan fingerprint density at radius 1 is 0.926 bits per heavy atom. The summed E-state index contributed by atoms with van der Waals surface area (Å²) in [4.78, 5) is 11.4. The first kappa shape index (κ1) is 22.4. The first-order valence-electron chi connectivity index (χ1n) is 10.6. The van der Waals surface area contributed by atoms with Gasteiger partial charge in [0.05, 0.1) is 12.6 Å². The molecule has 158 valence electrons. The Labute approximate surface area is 163 Å². The van der Waals surface area contributed by atoms with Gasteiger partial charge in [0.2, 0.25) is 0 Å². The molecule has 2 fully saturated rings. The molecule has 0 unspecified atom stereocenters. The summed E-state index contributed by atoms with van der Waals surface area (Å²) in [6.45, 7) is 2.10. The van der Waals surface area contributed by atoms with Crippen molar-refractivity contribution < 1.29 is 26.3 Å². The minimum atomic E-state index is -4.03. The highest BCUT2D eigenvalue weighted by Gasteiger charge is 2.45. The Balaban J connectivity index is 1.55. The number of hydrogen-bond donors (Lipinski definition) is 1. The van der Waals surface area contributed by atoms with Crippen molar-refractivity contribution in [2.24, 2.45) is 0 Å². The van der Waals surface area contributed by atoms with E-state index < -0.39 is 34.7 Å². The second kappa shape index (κ2) is 11.9. The van der Waals surface area contributed by atoms with E-state index in [4.69, 9.17) is 13.1 Å². The predicted molar refractivity (Wildman–Crippen MR) is 103 cm³/mol. The van der Waals surface area contributed by atoms with E-state index in [2.05, 4.69) is 12.2 Å². The minimum absolute atomic E-state index is 0.145. The van der Waals surface area contributed by atoms with Crippen LogP contribution in [0.1, 0.15) is 90.4 Å². The maximum absolute atomic E-state index is 11.7. The number of alkyl carbamates (subject to hydrolysis) is 1. The summed E-state index contributed by atoms with van der Waals surface area (Å²) in [6, 6.07) is -0.475. The van der Waals surface area contributed by atoms with Gasteiger partial charge in [-0.3, -0.25) is 0 Å². The number of carbonyl (C=O) groups excluding carboxylic acids is 1. The number of hydrogen-bond acceptors (Lipinski definition) is 6. The van der Waals surface area contributed by atoms with Crippen molar-refractivity contribution >= 4 is 16.5 Å². The zero-order chi connectivity index (χ0) is 19.5. The molecule has 27 heavy (non-hydrogen) atoms. The lowest BCUT2D eigenvalue weighted by Gasteiger charge is -2.20. The third kappa shape index (κ3) is 8.35. The molecular weight excluding hydrogens is 370 g/mol. The molecule has 8 heteroatoms. The molecule has 0 aromatic carbocycles. The van der Waals surface area contributed by atoms with Crippen LogP contribution in [-0.2, 0) is 23.5 Å². The zero-order valence-electron chi connectivity index (χ0n) is 16.5. The summed E-state index contributed by atoms with van der Waals surface area (Å²) in [7, 11) is -4.03. The average molecular weight is 406 g/mol. The molecule has 2 saturated heterocycles. The van der Waals surface area contributed by atoms with Crippen LogP contribution in [0.25, 0.3) is 0 Å². The summed E-state index contributed by atoms with van der Waals surface area (Å²) in [5.74, 6) is 0. The van der Waals surface area contributed by atoms with Crippen LogP contribution in [0.4, 0.5) is 4.79 Å². The molecular formula is C19H35NO6S. The van der Waals surface area contributed by atoms with E-state index in [0.717, 1.165) is 19.3 Å². The Morgan fingerprint density at radius 3 is 2.07 bits per heavy atom. The third-order valence-electron chi connectivity index (χ3n) is 5.28. The number of nitrogens with one attached hydrogen (secondary N) is 1. The predicted octanol–water partition coefficient (Wildman–Crippen LogP) is 4.21. The average Bonchev–Trinajstić information content (AvgIpc) is 2.95. The first-order valence-corrected chi connectivity index (χ1v) is 11.9. The summed E-state index contributed by atoms with van der Waals surface area (Å²) in [5, 5.41) is 2.58. The van der Waals surface area contributed by atoms with E-state index in [1.807, 2.05) is 0 Å². The van der Waals surface area contributed by atoms with Crippen molar-refractivity contribution in [2.45, 2.75) is 109 Å². The maximum Gasteiger partial charge on any atom is 0.408 e. The normalized spacial score (nSPS) is 26.9. The van der Waals surface area contributed by atoms with Crippen molar-refractivity contribution in [3.05, 3.63) is 0 Å². The molecule has 2 heterocycles. The van der Waals surface area contributed by atoms with E-state index in [1.54, 1.807) is 0 Å². The van der Waals surface area contributed by atoms with Crippen molar-refractivity contribution in [3.8, 4) is 0 Å². The van der Waals surface area contributed by atoms with E-state index in [-0.39, 0.29) is 6.61 Å². The molecule has 0 saturated carbocycles. The summed E-state index contributed by atoms with van der Waals surface area (Å²) in [5.41, 5.74) is 0. The van der Waals surface area contributed by atoms with Crippen LogP contribution in [0, 0.1) is 0 Å². The molecule has 1 amide bonds. The lowest BCUT2D eigenvalue weighted by molar-refractivity contribution is 0.0378. The molecule has 3 atom stereocenters. The smallest absolute Gasteiger partial charge is 0.408 e. The number of fused-ring (bicyclic) bond motifs is 1. The fraction of sp³-hybridized carbons (Fsp3) is 0.947. The summed E-state index contributed by atoms with van der Waals surface area (Å²) >= 11 is 0. The van der Waals surface area contributed by atoms with Gasteiger partial charge in [0.15, 0.2) is 6.10 Å². The molecule has 7 nitrogen and oxygen atoms in total. The highest BCUT2D eigenvalue weighted by atomic mass is 32.3. The molecule has 0 spiro atoms. The van der Waals surface area contributed by atoms with E-state index in [0.29, 0.717) is 6.42 Å². The van der Waals surface area contributed by atoms with E-state index in [1.165, 1.54) is 57.8 Å². The molecule has 1 N–H and O–H groups in total. The van der Waals surface area contributed by atoms with Gasteiger partial charge >= 0.3 is 16.5 Å². The Kier molecular flexibility index (Phi) is 9.86. The number of ether oxygens (including phenoxy) is 1. The monoisotopic (exact) mass is 405 g/mol. The van der Waals surface area contributed by atoms with Gasteiger partial charge in [-0.25, -0.2) is 13.2 Å². The van der Waals surface area contributed by atoms with Gasteiger partial charge in [-0.2, -0.15) is 8.42 Å². The molecule has 0 aromatic heterocycles. The second-order valence-corrected chi connectivity index (χ2v) is 8.87. The van der Waals surface area contributed by atoms with Crippen molar-refractivity contribution in [3.63, 3.8) is 0 Å². The fourth-order valence-corrected chi connectivity index (χ4v) is 4.61. The van der Waals surface area contributed by atoms with Crippen molar-refractivity contribution in [2.75, 3.05) is 6.61 Å². The van der Waals surface area contributed by atoms with Crippen LogP contribution in [0.2, 0.25) is 0 Å². The van der Waals surface area contributed by atoms with Crippen LogP contribution >= 0.6 is 0 Å². The molecule has 2 aliphatic rings. The van der Waals surface area contributed by atoms with Crippen LogP contribution in [-0.4, -0.2) is 39.4 Å². The Hall–Kier alpha value is -0.860. The summed E-state index contributed by atoms with van der Waals surface area (Å²) in [6.07, 6.45) is 13.6. The topological polar surface area (TPSA) is 90.9 Å². The third-order valence-corrected chi connectivity index (χ3v) is 6.19. The van der Waals surface area contributed by atoms with Crippen LogP contribution in [0.3, 0.4) is 0 Å². The van der Waals surface area contributed by atoms with Crippen molar-refractivity contribution in [1.29, 1.82) is 0 Å². The first-order chi connectivity index (χ1) is 13.0. The zero-order valence-corrected chi connectivity index (χ0v) is 17.3. The molecule has 0 radical (unpaired) electrons. The van der Waals surface area contributed by atoms with Gasteiger partial charge in [-0.05, 0) is 6.42 Å². The standard InChI is InChI=1S/C19H35NO6S/c1-2-3-4-5-6-7-8-9-10-11-12-13-14-17-18-16(20-19(21)25-18)15-24-27(22,23)26-17/h16-18H,2-15H2,1H3,(H,20,21)/t16-,17+,18-/m0/s1. The van der Waals surface area contributed by atoms with Crippen LogP contribution in [0.15, 0.2) is 0 Å². The van der Waals surface area contributed by atoms with Crippen LogP contribution in [0.5, 0.6) is 0 Å². The minimum Gasteiger partial charge on any atom is -0.441 e. The van der Waals surface area contributed by atoms with Gasteiger partial charge in [0.1, 0.15) is 6.10 Å². The number of unbranched alkanes of at least 4 members (excludes halogenated alkanes) is 11. The number of carbonyl (C=O) groups is 1. The maximum atomic E-state index is 11.7. The highest BCUT2D eigenvalue weighted by Crippen LogP contribution is 2.26. The van der Waals surface area contributed by atoms with E-state index in [9.17, 15) is 13.2 Å². The van der Waals surface area contributed by atoms with Gasteiger partial charge in [0, 0.05) is 0 Å². The van der Waals surface area contributed by atoms with Gasteiger partial charge < -0.3 is 10.1 Å². The lowest BCUT2D eigenvalue weighted by Crippen LogP contribution is -2.40. The Bertz CT molecular complexity index is 538. The molecule has 2 aliphatic heterocycles. The van der Waals surface area contributed by atoms with Gasteiger partial charge in [-0.15, -0.1) is 0 Å². The van der Waals surface area contributed by atoms with Crippen LogP contribution < -0.4 is 5.32 Å². The molecule has 0 aliphatic carbocycles. The van der Waals surface area contributed by atoms with Crippen molar-refractivity contribution in [1.82, 2.24) is 5.32 Å². The van der Waals surface area contributed by atoms with Gasteiger partial charge in [-0.1, -0.05) is 84.0 Å². The van der Waals surface area contributed by atoms with E-state index >= 15 is 0 Å². The largest absolute Gasteiger partial charge is 0.441 e.